The lowest BCUT2D eigenvalue weighted by Gasteiger charge is -2.28. The number of carbonyl (C=O) groups excluding carboxylic acids is 3. The topological polar surface area (TPSA) is 95.9 Å². The molecule has 0 radical (unpaired) electrons. The summed E-state index contributed by atoms with van der Waals surface area (Å²) in [6.07, 6.45) is 0.652. The minimum Gasteiger partial charge on any atom is -0.452 e. The molecule has 0 aromatic heterocycles. The Morgan fingerprint density at radius 1 is 1.10 bits per heavy atom. The number of aliphatic hydroxyl groups is 1. The number of esters is 1. The van der Waals surface area contributed by atoms with Crippen LogP contribution in [0.4, 0.5) is 5.69 Å². The van der Waals surface area contributed by atoms with Gasteiger partial charge in [0.25, 0.3) is 5.91 Å². The van der Waals surface area contributed by atoms with Crippen LogP contribution in [0.25, 0.3) is 0 Å². The summed E-state index contributed by atoms with van der Waals surface area (Å²) in [4.78, 5) is 39.0. The molecule has 2 aromatic rings. The number of hydrogen-bond acceptors (Lipinski definition) is 5. The van der Waals surface area contributed by atoms with Crippen molar-refractivity contribution in [1.82, 2.24) is 4.90 Å². The van der Waals surface area contributed by atoms with E-state index in [-0.39, 0.29) is 30.7 Å². The average Bonchev–Trinajstić information content (AvgIpc) is 2.78. The zero-order valence-corrected chi connectivity index (χ0v) is 18.5. The summed E-state index contributed by atoms with van der Waals surface area (Å²) in [7, 11) is 0. The van der Waals surface area contributed by atoms with Crippen LogP contribution in [0.2, 0.25) is 0 Å². The van der Waals surface area contributed by atoms with Crippen molar-refractivity contribution >= 4 is 23.5 Å². The molecule has 0 fully saturated rings. The molecule has 0 unspecified atom stereocenters. The van der Waals surface area contributed by atoms with E-state index in [0.717, 1.165) is 11.1 Å². The van der Waals surface area contributed by atoms with Gasteiger partial charge in [-0.1, -0.05) is 31.2 Å². The van der Waals surface area contributed by atoms with Gasteiger partial charge < -0.3 is 20.1 Å². The van der Waals surface area contributed by atoms with Crippen molar-refractivity contribution in [3.05, 3.63) is 64.7 Å². The van der Waals surface area contributed by atoms with E-state index in [0.29, 0.717) is 17.7 Å². The number of benzene rings is 2. The molecule has 7 heteroatoms. The molecule has 166 valence electrons. The Morgan fingerprint density at radius 2 is 1.77 bits per heavy atom. The van der Waals surface area contributed by atoms with Crippen LogP contribution in [0.3, 0.4) is 0 Å². The molecule has 0 bridgehead atoms. The maximum atomic E-state index is 12.7. The molecule has 0 heterocycles. The third-order valence-corrected chi connectivity index (χ3v) is 5.33. The van der Waals surface area contributed by atoms with E-state index in [1.807, 2.05) is 45.9 Å². The van der Waals surface area contributed by atoms with Gasteiger partial charge >= 0.3 is 5.97 Å². The van der Waals surface area contributed by atoms with Gasteiger partial charge in [0.05, 0.1) is 12.2 Å². The van der Waals surface area contributed by atoms with Crippen molar-refractivity contribution in [2.24, 2.45) is 0 Å². The van der Waals surface area contributed by atoms with Crippen molar-refractivity contribution in [1.29, 1.82) is 0 Å². The highest BCUT2D eigenvalue weighted by molar-refractivity contribution is 5.96. The van der Waals surface area contributed by atoms with E-state index in [2.05, 4.69) is 5.32 Å². The molecule has 2 aromatic carbocycles. The first-order chi connectivity index (χ1) is 14.8. The van der Waals surface area contributed by atoms with Gasteiger partial charge in [-0.2, -0.15) is 0 Å². The second-order valence-corrected chi connectivity index (χ2v) is 7.51. The van der Waals surface area contributed by atoms with Gasteiger partial charge in [0.2, 0.25) is 5.91 Å². The second-order valence-electron chi connectivity index (χ2n) is 7.51. The van der Waals surface area contributed by atoms with Gasteiger partial charge in [0.15, 0.2) is 6.61 Å². The minimum absolute atomic E-state index is 0.123. The van der Waals surface area contributed by atoms with Crippen LogP contribution in [-0.2, 0) is 20.9 Å². The Labute approximate surface area is 183 Å². The summed E-state index contributed by atoms with van der Waals surface area (Å²) in [5.41, 5.74) is 3.70. The first kappa shape index (κ1) is 24.1. The van der Waals surface area contributed by atoms with E-state index in [1.165, 1.54) is 17.0 Å². The average molecular weight is 427 g/mol. The third-order valence-electron chi connectivity index (χ3n) is 5.33. The number of aliphatic hydroxyl groups excluding tert-OH is 1. The molecular formula is C24H30N2O5. The van der Waals surface area contributed by atoms with Crippen LogP contribution in [0.1, 0.15) is 47.3 Å². The number of carbonyl (C=O) groups is 3. The molecule has 0 spiro atoms. The predicted molar refractivity (Wildman–Crippen MR) is 119 cm³/mol. The van der Waals surface area contributed by atoms with E-state index in [9.17, 15) is 14.4 Å². The fourth-order valence-electron chi connectivity index (χ4n) is 2.98. The standard InChI is InChI=1S/C24H30N2O5/c1-5-17(3)26(13-22(28)25-21-8-6-7-16(2)18(21)4)23(29)15-31-24(30)20-11-9-19(14-27)10-12-20/h6-12,17,27H,5,13-15H2,1-4H3,(H,25,28)/t17-/m0/s1. The first-order valence-electron chi connectivity index (χ1n) is 10.3. The number of anilines is 1. The van der Waals surface area contributed by atoms with Crippen LogP contribution in [0.5, 0.6) is 0 Å². The molecule has 0 aliphatic rings. The molecule has 0 saturated carbocycles. The van der Waals surface area contributed by atoms with Crippen LogP contribution in [-0.4, -0.2) is 47.0 Å². The van der Waals surface area contributed by atoms with Crippen LogP contribution >= 0.6 is 0 Å². The number of rotatable bonds is 9. The van der Waals surface area contributed by atoms with Crippen LogP contribution in [0, 0.1) is 13.8 Å². The van der Waals surface area contributed by atoms with Crippen LogP contribution < -0.4 is 5.32 Å². The number of hydrogen-bond donors (Lipinski definition) is 2. The Bertz CT molecular complexity index is 924. The zero-order valence-electron chi connectivity index (χ0n) is 18.5. The molecule has 0 aliphatic heterocycles. The monoisotopic (exact) mass is 426 g/mol. The first-order valence-corrected chi connectivity index (χ1v) is 10.3. The maximum absolute atomic E-state index is 12.7. The maximum Gasteiger partial charge on any atom is 0.338 e. The van der Waals surface area contributed by atoms with Crippen molar-refractivity contribution in [2.45, 2.75) is 46.8 Å². The molecule has 1 atom stereocenters. The molecule has 2 amide bonds. The second kappa shape index (κ2) is 11.3. The Morgan fingerprint density at radius 3 is 2.39 bits per heavy atom. The highest BCUT2D eigenvalue weighted by Crippen LogP contribution is 2.18. The van der Waals surface area contributed by atoms with Gasteiger partial charge in [0.1, 0.15) is 6.54 Å². The molecule has 2 rings (SSSR count). The van der Waals surface area contributed by atoms with Crippen molar-refractivity contribution < 1.29 is 24.2 Å². The SMILES string of the molecule is CC[C@H](C)N(CC(=O)Nc1cccc(C)c1C)C(=O)COC(=O)c1ccc(CO)cc1. The van der Waals surface area contributed by atoms with Crippen LogP contribution in [0.15, 0.2) is 42.5 Å². The normalized spacial score (nSPS) is 11.5. The van der Waals surface area contributed by atoms with E-state index in [4.69, 9.17) is 9.84 Å². The lowest BCUT2D eigenvalue weighted by molar-refractivity contribution is -0.139. The predicted octanol–water partition coefficient (Wildman–Crippen LogP) is 3.22. The largest absolute Gasteiger partial charge is 0.452 e. The Kier molecular flexibility index (Phi) is 8.75. The molecule has 0 saturated heterocycles. The summed E-state index contributed by atoms with van der Waals surface area (Å²) in [6.45, 7) is 6.94. The fraction of sp³-hybridized carbons (Fsp3) is 0.375. The number of aryl methyl sites for hydroxylation is 1. The number of nitrogens with one attached hydrogen (secondary N) is 1. The lowest BCUT2D eigenvalue weighted by Crippen LogP contribution is -2.45. The van der Waals surface area contributed by atoms with E-state index >= 15 is 0 Å². The summed E-state index contributed by atoms with van der Waals surface area (Å²) >= 11 is 0. The zero-order chi connectivity index (χ0) is 23.0. The fourth-order valence-corrected chi connectivity index (χ4v) is 2.98. The third kappa shape index (κ3) is 6.65. The van der Waals surface area contributed by atoms with Gasteiger partial charge in [-0.15, -0.1) is 0 Å². The summed E-state index contributed by atoms with van der Waals surface area (Å²) in [5, 5.41) is 11.9. The summed E-state index contributed by atoms with van der Waals surface area (Å²) in [5.74, 6) is -1.39. The molecule has 31 heavy (non-hydrogen) atoms. The quantitative estimate of drug-likeness (QED) is 0.600. The minimum atomic E-state index is -0.637. The van der Waals surface area contributed by atoms with Crippen molar-refractivity contribution in [2.75, 3.05) is 18.5 Å². The van der Waals surface area contributed by atoms with Gasteiger partial charge in [-0.3, -0.25) is 9.59 Å². The summed E-state index contributed by atoms with van der Waals surface area (Å²) < 4.78 is 5.15. The molecule has 2 N–H and O–H groups in total. The van der Waals surface area contributed by atoms with Gasteiger partial charge in [-0.25, -0.2) is 4.79 Å². The Hall–Kier alpha value is -3.19. The number of amides is 2. The lowest BCUT2D eigenvalue weighted by atomic mass is 10.1. The molecule has 0 aliphatic carbocycles. The van der Waals surface area contributed by atoms with E-state index in [1.54, 1.807) is 12.1 Å². The summed E-state index contributed by atoms with van der Waals surface area (Å²) in [6, 6.07) is 11.7. The smallest absolute Gasteiger partial charge is 0.338 e. The Balaban J connectivity index is 2.00. The molecular weight excluding hydrogens is 396 g/mol. The van der Waals surface area contributed by atoms with Gasteiger partial charge in [0, 0.05) is 11.7 Å². The molecule has 7 nitrogen and oxygen atoms in total. The highest BCUT2D eigenvalue weighted by atomic mass is 16.5. The number of nitrogens with zero attached hydrogens (tertiary/aromatic N) is 1. The number of ether oxygens (including phenoxy) is 1. The van der Waals surface area contributed by atoms with Gasteiger partial charge in [-0.05, 0) is 62.1 Å². The van der Waals surface area contributed by atoms with Crippen molar-refractivity contribution in [3.63, 3.8) is 0 Å². The van der Waals surface area contributed by atoms with E-state index < -0.39 is 18.5 Å². The highest BCUT2D eigenvalue weighted by Gasteiger charge is 2.23. The van der Waals surface area contributed by atoms with Crippen molar-refractivity contribution in [3.8, 4) is 0 Å².